The number of pyridine rings is 1. The van der Waals surface area contributed by atoms with E-state index in [1.165, 1.54) is 0 Å². The lowest BCUT2D eigenvalue weighted by Crippen LogP contribution is -2.27. The molecule has 1 rings (SSSR count). The Labute approximate surface area is 108 Å². The number of aliphatic carboxylic acids is 1. The second-order valence-corrected chi connectivity index (χ2v) is 5.87. The van der Waals surface area contributed by atoms with Gasteiger partial charge in [-0.2, -0.15) is 0 Å². The lowest BCUT2D eigenvalue weighted by molar-refractivity contribution is -0.142. The van der Waals surface area contributed by atoms with Crippen LogP contribution in [0.15, 0.2) is 18.3 Å². The van der Waals surface area contributed by atoms with Crippen molar-refractivity contribution in [1.82, 2.24) is 4.98 Å². The summed E-state index contributed by atoms with van der Waals surface area (Å²) in [6.45, 7) is 8.52. The van der Waals surface area contributed by atoms with E-state index in [1.54, 1.807) is 6.20 Å². The molecular formula is C14H22N2O2. The van der Waals surface area contributed by atoms with Gasteiger partial charge in [0.2, 0.25) is 0 Å². The number of nitrogens with one attached hydrogen (secondary N) is 1. The summed E-state index contributed by atoms with van der Waals surface area (Å²) < 4.78 is 0. The fraction of sp³-hybridized carbons (Fsp3) is 0.571. The smallest absolute Gasteiger partial charge is 0.308 e. The van der Waals surface area contributed by atoms with E-state index in [0.29, 0.717) is 13.0 Å². The predicted molar refractivity (Wildman–Crippen MR) is 72.7 cm³/mol. The molecular weight excluding hydrogens is 228 g/mol. The molecule has 0 aliphatic heterocycles. The van der Waals surface area contributed by atoms with Crippen molar-refractivity contribution in [2.75, 3.05) is 11.9 Å². The number of carboxylic acid groups (broad SMARTS) is 1. The lowest BCUT2D eigenvalue weighted by atomic mass is 9.84. The average molecular weight is 250 g/mol. The van der Waals surface area contributed by atoms with Crippen molar-refractivity contribution in [2.45, 2.75) is 34.1 Å². The van der Waals surface area contributed by atoms with Crippen molar-refractivity contribution in [2.24, 2.45) is 11.3 Å². The zero-order valence-electron chi connectivity index (χ0n) is 11.5. The van der Waals surface area contributed by atoms with E-state index in [1.807, 2.05) is 19.1 Å². The zero-order valence-corrected chi connectivity index (χ0v) is 11.5. The Kier molecular flexibility index (Phi) is 4.70. The minimum absolute atomic E-state index is 0.0128. The summed E-state index contributed by atoms with van der Waals surface area (Å²) in [6.07, 6.45) is 2.37. The summed E-state index contributed by atoms with van der Waals surface area (Å²) in [6, 6.07) is 3.76. The van der Waals surface area contributed by atoms with Gasteiger partial charge >= 0.3 is 5.97 Å². The molecule has 1 atom stereocenters. The molecule has 0 bridgehead atoms. The average Bonchev–Trinajstić information content (AvgIpc) is 2.22. The number of aromatic nitrogens is 1. The lowest BCUT2D eigenvalue weighted by Gasteiger charge is -2.23. The van der Waals surface area contributed by atoms with Crippen LogP contribution in [0, 0.1) is 18.3 Å². The predicted octanol–water partition coefficient (Wildman–Crippen LogP) is 2.94. The first kappa shape index (κ1) is 14.5. The first-order valence-electron chi connectivity index (χ1n) is 6.17. The molecule has 0 saturated carbocycles. The molecule has 1 aromatic rings. The van der Waals surface area contributed by atoms with Gasteiger partial charge in [-0.1, -0.05) is 20.8 Å². The Morgan fingerprint density at radius 2 is 2.17 bits per heavy atom. The number of aryl methyl sites for hydroxylation is 1. The highest BCUT2D eigenvalue weighted by Crippen LogP contribution is 2.25. The SMILES string of the molecule is Cc1cc(NCC(CC(C)(C)C)C(=O)O)ccn1. The van der Waals surface area contributed by atoms with E-state index < -0.39 is 5.97 Å². The third kappa shape index (κ3) is 5.17. The topological polar surface area (TPSA) is 62.2 Å². The quantitative estimate of drug-likeness (QED) is 0.843. The minimum Gasteiger partial charge on any atom is -0.481 e. The standard InChI is InChI=1S/C14H22N2O2/c1-10-7-12(5-6-15-10)16-9-11(13(17)18)8-14(2,3)4/h5-7,11H,8-9H2,1-4H3,(H,15,16)(H,17,18). The number of hydrogen-bond donors (Lipinski definition) is 2. The first-order valence-corrected chi connectivity index (χ1v) is 6.17. The molecule has 0 radical (unpaired) electrons. The van der Waals surface area contributed by atoms with Gasteiger partial charge in [-0.3, -0.25) is 9.78 Å². The maximum atomic E-state index is 11.2. The van der Waals surface area contributed by atoms with E-state index in [2.05, 4.69) is 31.1 Å². The van der Waals surface area contributed by atoms with Crippen LogP contribution in [0.3, 0.4) is 0 Å². The van der Waals surface area contributed by atoms with E-state index in [0.717, 1.165) is 11.4 Å². The van der Waals surface area contributed by atoms with Gasteiger partial charge in [0.25, 0.3) is 0 Å². The zero-order chi connectivity index (χ0) is 13.8. The fourth-order valence-electron chi connectivity index (χ4n) is 1.88. The van der Waals surface area contributed by atoms with Crippen LogP contribution in [0.4, 0.5) is 5.69 Å². The van der Waals surface area contributed by atoms with Crippen LogP contribution in [0.5, 0.6) is 0 Å². The van der Waals surface area contributed by atoms with Crippen LogP contribution >= 0.6 is 0 Å². The highest BCUT2D eigenvalue weighted by molar-refractivity contribution is 5.71. The molecule has 0 aromatic carbocycles. The number of anilines is 1. The van der Waals surface area contributed by atoms with Gasteiger partial charge in [0.05, 0.1) is 5.92 Å². The third-order valence-electron chi connectivity index (χ3n) is 2.66. The molecule has 1 unspecified atom stereocenters. The summed E-state index contributed by atoms with van der Waals surface area (Å²) in [5, 5.41) is 12.4. The minimum atomic E-state index is -0.747. The maximum Gasteiger partial charge on any atom is 0.308 e. The largest absolute Gasteiger partial charge is 0.481 e. The Morgan fingerprint density at radius 3 is 2.67 bits per heavy atom. The highest BCUT2D eigenvalue weighted by atomic mass is 16.4. The van der Waals surface area contributed by atoms with Gasteiger partial charge in [0.15, 0.2) is 0 Å². The second kappa shape index (κ2) is 5.85. The second-order valence-electron chi connectivity index (χ2n) is 5.87. The van der Waals surface area contributed by atoms with Crippen LogP contribution < -0.4 is 5.32 Å². The molecule has 4 heteroatoms. The maximum absolute atomic E-state index is 11.2. The van der Waals surface area contributed by atoms with E-state index in [4.69, 9.17) is 0 Å². The third-order valence-corrected chi connectivity index (χ3v) is 2.66. The van der Waals surface area contributed by atoms with Crippen molar-refractivity contribution >= 4 is 11.7 Å². The number of nitrogens with zero attached hydrogens (tertiary/aromatic N) is 1. The molecule has 2 N–H and O–H groups in total. The molecule has 18 heavy (non-hydrogen) atoms. The van der Waals surface area contributed by atoms with Crippen LogP contribution in [-0.2, 0) is 4.79 Å². The monoisotopic (exact) mass is 250 g/mol. The van der Waals surface area contributed by atoms with Crippen LogP contribution in [0.1, 0.15) is 32.9 Å². The summed E-state index contributed by atoms with van der Waals surface area (Å²) in [5.74, 6) is -1.12. The first-order chi connectivity index (χ1) is 8.28. The number of carboxylic acids is 1. The van der Waals surface area contributed by atoms with Crippen LogP contribution in [-0.4, -0.2) is 22.6 Å². The van der Waals surface area contributed by atoms with Gasteiger partial charge in [-0.05, 0) is 30.9 Å². The molecule has 100 valence electrons. The fourth-order valence-corrected chi connectivity index (χ4v) is 1.88. The number of rotatable bonds is 5. The summed E-state index contributed by atoms with van der Waals surface area (Å²) in [7, 11) is 0. The molecule has 1 aromatic heterocycles. The summed E-state index contributed by atoms with van der Waals surface area (Å²) in [4.78, 5) is 15.3. The molecule has 1 heterocycles. The highest BCUT2D eigenvalue weighted by Gasteiger charge is 2.24. The number of carbonyl (C=O) groups is 1. The van der Waals surface area contributed by atoms with Crippen molar-refractivity contribution in [3.05, 3.63) is 24.0 Å². The molecule has 0 aliphatic rings. The van der Waals surface area contributed by atoms with E-state index >= 15 is 0 Å². The Bertz CT molecular complexity index is 411. The van der Waals surface area contributed by atoms with Crippen LogP contribution in [0.25, 0.3) is 0 Å². The Balaban J connectivity index is 2.60. The normalized spacial score (nSPS) is 13.1. The molecule has 0 fully saturated rings. The van der Waals surface area contributed by atoms with Crippen molar-refractivity contribution < 1.29 is 9.90 Å². The summed E-state index contributed by atoms with van der Waals surface area (Å²) in [5.41, 5.74) is 1.85. The van der Waals surface area contributed by atoms with Crippen molar-refractivity contribution in [3.8, 4) is 0 Å². The van der Waals surface area contributed by atoms with Crippen LogP contribution in [0.2, 0.25) is 0 Å². The van der Waals surface area contributed by atoms with Crippen molar-refractivity contribution in [1.29, 1.82) is 0 Å². The van der Waals surface area contributed by atoms with Gasteiger partial charge in [-0.15, -0.1) is 0 Å². The number of hydrogen-bond acceptors (Lipinski definition) is 3. The van der Waals surface area contributed by atoms with E-state index in [9.17, 15) is 9.90 Å². The van der Waals surface area contributed by atoms with Gasteiger partial charge in [0.1, 0.15) is 0 Å². The van der Waals surface area contributed by atoms with Gasteiger partial charge in [0, 0.05) is 24.1 Å². The van der Waals surface area contributed by atoms with Gasteiger partial charge < -0.3 is 10.4 Å². The Morgan fingerprint density at radius 1 is 1.50 bits per heavy atom. The molecule has 0 saturated heterocycles. The summed E-state index contributed by atoms with van der Waals surface area (Å²) >= 11 is 0. The van der Waals surface area contributed by atoms with E-state index in [-0.39, 0.29) is 11.3 Å². The molecule has 0 aliphatic carbocycles. The Hall–Kier alpha value is -1.58. The molecule has 0 spiro atoms. The van der Waals surface area contributed by atoms with Crippen molar-refractivity contribution in [3.63, 3.8) is 0 Å². The van der Waals surface area contributed by atoms with Gasteiger partial charge in [-0.25, -0.2) is 0 Å². The molecule has 4 nitrogen and oxygen atoms in total. The molecule has 0 amide bonds.